The van der Waals surface area contributed by atoms with Crippen LogP contribution in [0, 0.1) is 0 Å². The predicted molar refractivity (Wildman–Crippen MR) is 75.2 cm³/mol. The molecule has 0 aliphatic heterocycles. The summed E-state index contributed by atoms with van der Waals surface area (Å²) in [6, 6.07) is 14.5. The van der Waals surface area contributed by atoms with Gasteiger partial charge in [0.25, 0.3) is 0 Å². The number of pyridine rings is 1. The number of hydrogen-bond donors (Lipinski definition) is 1. The Hall–Kier alpha value is -1.35. The van der Waals surface area contributed by atoms with E-state index < -0.39 is 0 Å². The van der Waals surface area contributed by atoms with Crippen LogP contribution in [-0.2, 0) is 6.42 Å². The van der Waals surface area contributed by atoms with Crippen molar-refractivity contribution in [3.05, 3.63) is 58.7 Å². The number of benzene rings is 1. The molecule has 1 aromatic heterocycles. The molecular formula is C14H15BrN2. The standard InChI is InChI=1S/C14H15BrN2/c15-13-8-10-17-14(11-13)16-9-4-7-12-5-2-1-3-6-12/h1-3,5-6,8,10-11H,4,7,9H2,(H,16,17). The van der Waals surface area contributed by atoms with E-state index in [0.29, 0.717) is 0 Å². The maximum atomic E-state index is 4.24. The molecule has 0 aliphatic carbocycles. The van der Waals surface area contributed by atoms with Gasteiger partial charge in [0.05, 0.1) is 0 Å². The van der Waals surface area contributed by atoms with E-state index in [1.165, 1.54) is 5.56 Å². The van der Waals surface area contributed by atoms with E-state index in [1.807, 2.05) is 18.2 Å². The zero-order valence-corrected chi connectivity index (χ0v) is 11.2. The second-order valence-electron chi connectivity index (χ2n) is 3.88. The van der Waals surface area contributed by atoms with E-state index in [9.17, 15) is 0 Å². The highest BCUT2D eigenvalue weighted by Crippen LogP contribution is 2.12. The van der Waals surface area contributed by atoms with Crippen LogP contribution in [0.2, 0.25) is 0 Å². The highest BCUT2D eigenvalue weighted by atomic mass is 79.9. The summed E-state index contributed by atoms with van der Waals surface area (Å²) in [5, 5.41) is 3.31. The molecule has 17 heavy (non-hydrogen) atoms. The molecule has 1 N–H and O–H groups in total. The van der Waals surface area contributed by atoms with Gasteiger partial charge in [-0.3, -0.25) is 0 Å². The fourth-order valence-corrected chi connectivity index (χ4v) is 1.99. The van der Waals surface area contributed by atoms with E-state index in [2.05, 4.69) is 50.5 Å². The van der Waals surface area contributed by atoms with E-state index in [0.717, 1.165) is 29.7 Å². The Balaban J connectivity index is 1.73. The van der Waals surface area contributed by atoms with Crippen molar-refractivity contribution in [3.63, 3.8) is 0 Å². The molecule has 0 unspecified atom stereocenters. The maximum absolute atomic E-state index is 4.24. The Morgan fingerprint density at radius 1 is 1.12 bits per heavy atom. The van der Waals surface area contributed by atoms with Crippen molar-refractivity contribution in [1.29, 1.82) is 0 Å². The van der Waals surface area contributed by atoms with Crippen molar-refractivity contribution >= 4 is 21.7 Å². The van der Waals surface area contributed by atoms with Crippen LogP contribution in [0.1, 0.15) is 12.0 Å². The second-order valence-corrected chi connectivity index (χ2v) is 4.79. The van der Waals surface area contributed by atoms with Crippen molar-refractivity contribution in [1.82, 2.24) is 4.98 Å². The minimum atomic E-state index is 0.924. The first-order valence-electron chi connectivity index (χ1n) is 5.74. The molecule has 0 bridgehead atoms. The Labute approximate surface area is 110 Å². The lowest BCUT2D eigenvalue weighted by molar-refractivity contribution is 0.859. The molecule has 2 aromatic rings. The number of aryl methyl sites for hydroxylation is 1. The average molecular weight is 291 g/mol. The molecule has 0 spiro atoms. The zero-order valence-electron chi connectivity index (χ0n) is 9.57. The van der Waals surface area contributed by atoms with Crippen LogP contribution in [0.5, 0.6) is 0 Å². The molecule has 1 heterocycles. The van der Waals surface area contributed by atoms with E-state index in [-0.39, 0.29) is 0 Å². The fraction of sp³-hybridized carbons (Fsp3) is 0.214. The van der Waals surface area contributed by atoms with Gasteiger partial charge in [-0.05, 0) is 30.5 Å². The molecule has 0 aliphatic rings. The van der Waals surface area contributed by atoms with Gasteiger partial charge in [0.1, 0.15) is 5.82 Å². The summed E-state index contributed by atoms with van der Waals surface area (Å²) >= 11 is 3.43. The molecule has 2 rings (SSSR count). The lowest BCUT2D eigenvalue weighted by atomic mass is 10.1. The average Bonchev–Trinajstić information content (AvgIpc) is 2.36. The third kappa shape index (κ3) is 4.19. The largest absolute Gasteiger partial charge is 0.370 e. The Morgan fingerprint density at radius 3 is 2.71 bits per heavy atom. The van der Waals surface area contributed by atoms with Gasteiger partial charge in [0.15, 0.2) is 0 Å². The van der Waals surface area contributed by atoms with E-state index in [1.54, 1.807) is 6.20 Å². The first-order chi connectivity index (χ1) is 8.34. The third-order valence-corrected chi connectivity index (χ3v) is 3.01. The van der Waals surface area contributed by atoms with Gasteiger partial charge in [-0.25, -0.2) is 4.98 Å². The van der Waals surface area contributed by atoms with Crippen molar-refractivity contribution in [3.8, 4) is 0 Å². The quantitative estimate of drug-likeness (QED) is 0.845. The molecule has 0 saturated carbocycles. The van der Waals surface area contributed by atoms with Crippen LogP contribution >= 0.6 is 15.9 Å². The summed E-state index contributed by atoms with van der Waals surface area (Å²) in [5.41, 5.74) is 1.39. The highest BCUT2D eigenvalue weighted by Gasteiger charge is 1.95. The highest BCUT2D eigenvalue weighted by molar-refractivity contribution is 9.10. The Bertz CT molecular complexity index is 457. The van der Waals surface area contributed by atoms with Crippen molar-refractivity contribution in [2.45, 2.75) is 12.8 Å². The van der Waals surface area contributed by atoms with Crippen LogP contribution < -0.4 is 5.32 Å². The topological polar surface area (TPSA) is 24.9 Å². The van der Waals surface area contributed by atoms with Gasteiger partial charge < -0.3 is 5.32 Å². The van der Waals surface area contributed by atoms with Crippen LogP contribution in [0.4, 0.5) is 5.82 Å². The number of rotatable bonds is 5. The number of anilines is 1. The molecule has 3 heteroatoms. The zero-order chi connectivity index (χ0) is 11.9. The van der Waals surface area contributed by atoms with Crippen LogP contribution in [0.15, 0.2) is 53.1 Å². The molecule has 0 atom stereocenters. The van der Waals surface area contributed by atoms with Gasteiger partial charge >= 0.3 is 0 Å². The monoisotopic (exact) mass is 290 g/mol. The summed E-state index contributed by atoms with van der Waals surface area (Å²) in [6.45, 7) is 0.943. The van der Waals surface area contributed by atoms with Crippen molar-refractivity contribution in [2.24, 2.45) is 0 Å². The molecule has 88 valence electrons. The van der Waals surface area contributed by atoms with Crippen LogP contribution in [0.25, 0.3) is 0 Å². The number of nitrogens with one attached hydrogen (secondary N) is 1. The Morgan fingerprint density at radius 2 is 1.94 bits per heavy atom. The molecule has 0 saturated heterocycles. The normalized spacial score (nSPS) is 10.2. The van der Waals surface area contributed by atoms with Crippen LogP contribution in [0.3, 0.4) is 0 Å². The van der Waals surface area contributed by atoms with E-state index >= 15 is 0 Å². The van der Waals surface area contributed by atoms with Crippen LogP contribution in [-0.4, -0.2) is 11.5 Å². The van der Waals surface area contributed by atoms with Crippen molar-refractivity contribution < 1.29 is 0 Å². The number of hydrogen-bond acceptors (Lipinski definition) is 2. The van der Waals surface area contributed by atoms with Gasteiger partial charge in [-0.15, -0.1) is 0 Å². The van der Waals surface area contributed by atoms with Gasteiger partial charge in [-0.2, -0.15) is 0 Å². The summed E-state index contributed by atoms with van der Waals surface area (Å²) in [4.78, 5) is 4.24. The summed E-state index contributed by atoms with van der Waals surface area (Å²) in [6.07, 6.45) is 4.00. The fourth-order valence-electron chi connectivity index (χ4n) is 1.66. The third-order valence-electron chi connectivity index (χ3n) is 2.51. The lowest BCUT2D eigenvalue weighted by Gasteiger charge is -2.05. The molecule has 2 nitrogen and oxygen atoms in total. The Kier molecular flexibility index (Phi) is 4.56. The molecule has 0 fully saturated rings. The maximum Gasteiger partial charge on any atom is 0.127 e. The summed E-state index contributed by atoms with van der Waals surface area (Å²) < 4.78 is 1.05. The first kappa shape index (κ1) is 12.1. The minimum absolute atomic E-state index is 0.924. The lowest BCUT2D eigenvalue weighted by Crippen LogP contribution is -2.04. The van der Waals surface area contributed by atoms with Gasteiger partial charge in [0, 0.05) is 17.2 Å². The molecule has 0 amide bonds. The number of halogens is 1. The SMILES string of the molecule is Brc1ccnc(NCCCc2ccccc2)c1. The number of nitrogens with zero attached hydrogens (tertiary/aromatic N) is 1. The van der Waals surface area contributed by atoms with Gasteiger partial charge in [-0.1, -0.05) is 46.3 Å². The van der Waals surface area contributed by atoms with Gasteiger partial charge in [0.2, 0.25) is 0 Å². The smallest absolute Gasteiger partial charge is 0.127 e. The first-order valence-corrected chi connectivity index (χ1v) is 6.53. The minimum Gasteiger partial charge on any atom is -0.370 e. The second kappa shape index (κ2) is 6.40. The van der Waals surface area contributed by atoms with E-state index in [4.69, 9.17) is 0 Å². The molecular weight excluding hydrogens is 276 g/mol. The molecule has 1 aromatic carbocycles. The summed E-state index contributed by atoms with van der Waals surface area (Å²) in [7, 11) is 0. The number of aromatic nitrogens is 1. The predicted octanol–water partition coefficient (Wildman–Crippen LogP) is 3.89. The summed E-state index contributed by atoms with van der Waals surface area (Å²) in [5.74, 6) is 0.924. The molecule has 0 radical (unpaired) electrons. The van der Waals surface area contributed by atoms with Crippen molar-refractivity contribution in [2.75, 3.05) is 11.9 Å².